The number of amides is 1. The number of carbonyl (C=O) groups is 1. The van der Waals surface area contributed by atoms with Crippen LogP contribution in [0.2, 0.25) is 0 Å². The molecule has 19 heavy (non-hydrogen) atoms. The van der Waals surface area contributed by atoms with Crippen LogP contribution in [0.1, 0.15) is 27.3 Å². The molecule has 0 unspecified atom stereocenters. The summed E-state index contributed by atoms with van der Waals surface area (Å²) in [7, 11) is 0. The second-order valence-corrected chi connectivity index (χ2v) is 4.33. The van der Waals surface area contributed by atoms with Crippen molar-refractivity contribution in [2.75, 3.05) is 5.32 Å². The lowest BCUT2D eigenvalue weighted by Gasteiger charge is -2.09. The summed E-state index contributed by atoms with van der Waals surface area (Å²) in [6.07, 6.45) is 0. The van der Waals surface area contributed by atoms with Crippen LogP contribution in [0.25, 0.3) is 0 Å². The number of primary amides is 1. The number of carbonyl (C=O) groups excluding carboxylic acids is 1. The van der Waals surface area contributed by atoms with E-state index in [4.69, 9.17) is 5.73 Å². The fourth-order valence-electron chi connectivity index (χ4n) is 1.83. The number of halogens is 1. The van der Waals surface area contributed by atoms with Crippen molar-refractivity contribution in [3.8, 4) is 0 Å². The Morgan fingerprint density at radius 2 is 2.21 bits per heavy atom. The summed E-state index contributed by atoms with van der Waals surface area (Å²) in [5.41, 5.74) is 8.44. The number of nitrogens with two attached hydrogens (primary N) is 1. The molecule has 6 heteroatoms. The Morgan fingerprint density at radius 1 is 1.47 bits per heavy atom. The van der Waals surface area contributed by atoms with Crippen LogP contribution in [0.3, 0.4) is 0 Å². The average Bonchev–Trinajstić information content (AvgIpc) is 2.68. The van der Waals surface area contributed by atoms with Gasteiger partial charge < -0.3 is 11.1 Å². The van der Waals surface area contributed by atoms with Crippen LogP contribution in [0.15, 0.2) is 18.2 Å². The topological polar surface area (TPSA) is 83.8 Å². The number of aryl methyl sites for hydroxylation is 2. The number of anilines is 1. The Bertz CT molecular complexity index is 602. The van der Waals surface area contributed by atoms with Crippen LogP contribution in [-0.2, 0) is 6.54 Å². The number of nitrogens with zero attached hydrogens (tertiary/aromatic N) is 1. The number of aromatic nitrogens is 2. The molecule has 0 aliphatic heterocycles. The molecule has 4 N–H and O–H groups in total. The number of nitrogens with one attached hydrogen (secondary N) is 2. The molecule has 0 bridgehead atoms. The molecule has 0 radical (unpaired) electrons. The van der Waals surface area contributed by atoms with Gasteiger partial charge in [0.15, 0.2) is 0 Å². The first-order chi connectivity index (χ1) is 8.99. The largest absolute Gasteiger partial charge is 0.378 e. The molecule has 1 amide bonds. The van der Waals surface area contributed by atoms with Crippen molar-refractivity contribution >= 4 is 11.6 Å². The Hall–Kier alpha value is -2.37. The number of hydrogen-bond acceptors (Lipinski definition) is 3. The van der Waals surface area contributed by atoms with Gasteiger partial charge in [0.05, 0.1) is 11.4 Å². The highest BCUT2D eigenvalue weighted by molar-refractivity contribution is 5.93. The number of rotatable bonds is 4. The first-order valence-electron chi connectivity index (χ1n) is 5.82. The molecule has 1 aromatic heterocycles. The molecule has 0 saturated carbocycles. The van der Waals surface area contributed by atoms with E-state index in [2.05, 4.69) is 15.5 Å². The van der Waals surface area contributed by atoms with Crippen LogP contribution < -0.4 is 11.1 Å². The van der Waals surface area contributed by atoms with Gasteiger partial charge in [0.2, 0.25) is 5.91 Å². The van der Waals surface area contributed by atoms with E-state index in [0.29, 0.717) is 6.54 Å². The zero-order valence-electron chi connectivity index (χ0n) is 10.7. The van der Waals surface area contributed by atoms with Crippen molar-refractivity contribution in [1.29, 1.82) is 0 Å². The fourth-order valence-corrected chi connectivity index (χ4v) is 1.83. The van der Waals surface area contributed by atoms with Crippen molar-refractivity contribution in [1.82, 2.24) is 10.2 Å². The molecule has 0 spiro atoms. The molecule has 0 atom stereocenters. The maximum atomic E-state index is 13.6. The molecule has 0 aliphatic carbocycles. The number of aromatic amines is 1. The Kier molecular flexibility index (Phi) is 3.50. The zero-order chi connectivity index (χ0) is 14.0. The predicted octanol–water partition coefficient (Wildman–Crippen LogP) is 1.88. The maximum Gasteiger partial charge on any atom is 0.248 e. The van der Waals surface area contributed by atoms with E-state index >= 15 is 0 Å². The molecule has 100 valence electrons. The quantitative estimate of drug-likeness (QED) is 0.786. The minimum absolute atomic E-state index is 0.247. The van der Waals surface area contributed by atoms with Gasteiger partial charge in [0, 0.05) is 23.4 Å². The number of benzene rings is 1. The van der Waals surface area contributed by atoms with Crippen LogP contribution in [0, 0.1) is 19.7 Å². The zero-order valence-corrected chi connectivity index (χ0v) is 10.7. The van der Waals surface area contributed by atoms with Gasteiger partial charge in [-0.2, -0.15) is 5.10 Å². The van der Waals surface area contributed by atoms with Gasteiger partial charge in [0.25, 0.3) is 0 Å². The van der Waals surface area contributed by atoms with Crippen LogP contribution in [0.4, 0.5) is 10.1 Å². The summed E-state index contributed by atoms with van der Waals surface area (Å²) >= 11 is 0. The average molecular weight is 262 g/mol. The molecule has 0 saturated heterocycles. The van der Waals surface area contributed by atoms with Crippen LogP contribution >= 0.6 is 0 Å². The lowest BCUT2D eigenvalue weighted by atomic mass is 10.1. The standard InChI is InChI=1S/C13H15FN4O/c1-7-10(8(2)18-17-7)6-16-12-5-9(13(15)19)3-4-11(12)14/h3-5,16H,6H2,1-2H3,(H2,15,19)(H,17,18). The van der Waals surface area contributed by atoms with Crippen LogP contribution in [0.5, 0.6) is 0 Å². The minimum atomic E-state index is -0.585. The maximum absolute atomic E-state index is 13.6. The SMILES string of the molecule is Cc1n[nH]c(C)c1CNc1cc(C(N)=O)ccc1F. The van der Waals surface area contributed by atoms with Gasteiger partial charge in [-0.1, -0.05) is 0 Å². The Balaban J connectivity index is 2.20. The van der Waals surface area contributed by atoms with E-state index in [9.17, 15) is 9.18 Å². The molecular weight excluding hydrogens is 247 g/mol. The highest BCUT2D eigenvalue weighted by Crippen LogP contribution is 2.18. The van der Waals surface area contributed by atoms with Crippen molar-refractivity contribution < 1.29 is 9.18 Å². The summed E-state index contributed by atoms with van der Waals surface area (Å²) in [5.74, 6) is -1.01. The second-order valence-electron chi connectivity index (χ2n) is 4.33. The fraction of sp³-hybridized carbons (Fsp3) is 0.231. The normalized spacial score (nSPS) is 10.5. The van der Waals surface area contributed by atoms with Gasteiger partial charge in [-0.05, 0) is 32.0 Å². The monoisotopic (exact) mass is 262 g/mol. The number of H-pyrrole nitrogens is 1. The van der Waals surface area contributed by atoms with Crippen molar-refractivity contribution in [3.63, 3.8) is 0 Å². The highest BCUT2D eigenvalue weighted by Gasteiger charge is 2.09. The molecule has 1 heterocycles. The van der Waals surface area contributed by atoms with Crippen molar-refractivity contribution in [2.24, 2.45) is 5.73 Å². The van der Waals surface area contributed by atoms with E-state index < -0.39 is 11.7 Å². The Labute approximate surface area is 110 Å². The summed E-state index contributed by atoms with van der Waals surface area (Å²) in [6.45, 7) is 4.19. The molecule has 2 rings (SSSR count). The first kappa shape index (κ1) is 13.1. The molecule has 5 nitrogen and oxygen atoms in total. The lowest BCUT2D eigenvalue weighted by Crippen LogP contribution is -2.12. The predicted molar refractivity (Wildman–Crippen MR) is 70.3 cm³/mol. The third kappa shape index (κ3) is 2.73. The first-order valence-corrected chi connectivity index (χ1v) is 5.82. The lowest BCUT2D eigenvalue weighted by molar-refractivity contribution is 0.100. The van der Waals surface area contributed by atoms with Crippen molar-refractivity contribution in [2.45, 2.75) is 20.4 Å². The molecule has 0 fully saturated rings. The van der Waals surface area contributed by atoms with Gasteiger partial charge >= 0.3 is 0 Å². The van der Waals surface area contributed by atoms with Gasteiger partial charge in [-0.15, -0.1) is 0 Å². The third-order valence-electron chi connectivity index (χ3n) is 2.99. The summed E-state index contributed by atoms with van der Waals surface area (Å²) in [6, 6.07) is 3.98. The molecular formula is C13H15FN4O. The van der Waals surface area contributed by atoms with E-state index in [-0.39, 0.29) is 11.3 Å². The van der Waals surface area contributed by atoms with Crippen molar-refractivity contribution in [3.05, 3.63) is 46.5 Å². The summed E-state index contributed by atoms with van der Waals surface area (Å²) < 4.78 is 13.6. The van der Waals surface area contributed by atoms with Crippen LogP contribution in [-0.4, -0.2) is 16.1 Å². The van der Waals surface area contributed by atoms with Gasteiger partial charge in [-0.3, -0.25) is 9.89 Å². The van der Waals surface area contributed by atoms with E-state index in [1.54, 1.807) is 0 Å². The minimum Gasteiger partial charge on any atom is -0.378 e. The highest BCUT2D eigenvalue weighted by atomic mass is 19.1. The van der Waals surface area contributed by atoms with E-state index in [0.717, 1.165) is 17.0 Å². The van der Waals surface area contributed by atoms with E-state index in [1.807, 2.05) is 13.8 Å². The Morgan fingerprint density at radius 3 is 2.79 bits per heavy atom. The molecule has 1 aromatic carbocycles. The second kappa shape index (κ2) is 5.09. The number of hydrogen-bond donors (Lipinski definition) is 3. The summed E-state index contributed by atoms with van der Waals surface area (Å²) in [4.78, 5) is 11.1. The van der Waals surface area contributed by atoms with Gasteiger partial charge in [-0.25, -0.2) is 4.39 Å². The molecule has 0 aliphatic rings. The van der Waals surface area contributed by atoms with E-state index in [1.165, 1.54) is 18.2 Å². The van der Waals surface area contributed by atoms with Gasteiger partial charge in [0.1, 0.15) is 5.82 Å². The molecule has 2 aromatic rings. The third-order valence-corrected chi connectivity index (χ3v) is 2.99. The smallest absolute Gasteiger partial charge is 0.248 e. The summed E-state index contributed by atoms with van der Waals surface area (Å²) in [5, 5.41) is 9.87.